The summed E-state index contributed by atoms with van der Waals surface area (Å²) in [6, 6.07) is 5.65. The third kappa shape index (κ3) is 2.03. The molecule has 1 atom stereocenters. The first-order chi connectivity index (χ1) is 7.12. The van der Waals surface area contributed by atoms with Crippen LogP contribution in [-0.4, -0.2) is 15.8 Å². The van der Waals surface area contributed by atoms with E-state index in [-0.39, 0.29) is 5.82 Å². The minimum Gasteiger partial charge on any atom is -0.387 e. The lowest BCUT2D eigenvalue weighted by Gasteiger charge is -2.28. The van der Waals surface area contributed by atoms with Crippen molar-refractivity contribution in [2.45, 2.75) is 37.4 Å². The zero-order chi connectivity index (χ0) is 10.9. The number of benzene rings is 1. The molecule has 2 N–H and O–H groups in total. The van der Waals surface area contributed by atoms with Crippen molar-refractivity contribution in [1.82, 2.24) is 0 Å². The molecule has 15 heavy (non-hydrogen) atoms. The van der Waals surface area contributed by atoms with E-state index in [2.05, 4.69) is 0 Å². The first-order valence-electron chi connectivity index (χ1n) is 5.28. The van der Waals surface area contributed by atoms with Gasteiger partial charge in [-0.05, 0) is 30.5 Å². The van der Waals surface area contributed by atoms with Crippen molar-refractivity contribution in [3.63, 3.8) is 0 Å². The van der Waals surface area contributed by atoms with E-state index in [1.807, 2.05) is 0 Å². The molecule has 1 unspecified atom stereocenters. The highest BCUT2D eigenvalue weighted by atomic mass is 19.1. The molecule has 2 nitrogen and oxygen atoms in total. The predicted octanol–water partition coefficient (Wildman–Crippen LogP) is 2.16. The molecule has 1 saturated carbocycles. The second-order valence-electron chi connectivity index (χ2n) is 4.26. The summed E-state index contributed by atoms with van der Waals surface area (Å²) in [5.41, 5.74) is -0.432. The molecule has 82 valence electrons. The summed E-state index contributed by atoms with van der Waals surface area (Å²) in [5, 5.41) is 20.1. The van der Waals surface area contributed by atoms with Crippen LogP contribution in [0.5, 0.6) is 0 Å². The van der Waals surface area contributed by atoms with E-state index in [9.17, 15) is 14.6 Å². The Kier molecular flexibility index (Phi) is 2.76. The Morgan fingerprint density at radius 1 is 1.13 bits per heavy atom. The van der Waals surface area contributed by atoms with Crippen molar-refractivity contribution < 1.29 is 14.6 Å². The molecule has 1 fully saturated rings. The Morgan fingerprint density at radius 2 is 1.67 bits per heavy atom. The van der Waals surface area contributed by atoms with E-state index < -0.39 is 11.7 Å². The van der Waals surface area contributed by atoms with E-state index in [0.717, 1.165) is 12.8 Å². The standard InChI is InChI=1S/C12H15FO2/c13-10-5-3-9(4-6-10)11(14)12(15)7-1-2-8-12/h3-6,11,14-15H,1-2,7-8H2. The zero-order valence-electron chi connectivity index (χ0n) is 8.49. The van der Waals surface area contributed by atoms with Gasteiger partial charge in [0.2, 0.25) is 0 Å². The summed E-state index contributed by atoms with van der Waals surface area (Å²) < 4.78 is 12.7. The van der Waals surface area contributed by atoms with Crippen LogP contribution in [0, 0.1) is 5.82 Å². The van der Waals surface area contributed by atoms with Gasteiger partial charge in [-0.25, -0.2) is 4.39 Å². The highest BCUT2D eigenvalue weighted by molar-refractivity contribution is 5.21. The van der Waals surface area contributed by atoms with Crippen LogP contribution < -0.4 is 0 Å². The number of hydrogen-bond donors (Lipinski definition) is 2. The molecule has 0 aliphatic heterocycles. The minimum absolute atomic E-state index is 0.329. The van der Waals surface area contributed by atoms with E-state index >= 15 is 0 Å². The lowest BCUT2D eigenvalue weighted by atomic mass is 9.90. The fourth-order valence-electron chi connectivity index (χ4n) is 2.22. The Morgan fingerprint density at radius 3 is 2.20 bits per heavy atom. The normalized spacial score (nSPS) is 21.5. The van der Waals surface area contributed by atoms with E-state index in [1.54, 1.807) is 0 Å². The zero-order valence-corrected chi connectivity index (χ0v) is 8.49. The molecular formula is C12H15FO2. The second-order valence-corrected chi connectivity index (χ2v) is 4.26. The number of hydrogen-bond acceptors (Lipinski definition) is 2. The van der Waals surface area contributed by atoms with Crippen LogP contribution >= 0.6 is 0 Å². The third-order valence-corrected chi connectivity index (χ3v) is 3.16. The van der Waals surface area contributed by atoms with Crippen molar-refractivity contribution >= 4 is 0 Å². The van der Waals surface area contributed by atoms with Crippen molar-refractivity contribution in [3.05, 3.63) is 35.6 Å². The SMILES string of the molecule is OC(c1ccc(F)cc1)C1(O)CCCC1. The van der Waals surface area contributed by atoms with E-state index in [4.69, 9.17) is 0 Å². The molecule has 1 aliphatic carbocycles. The quantitative estimate of drug-likeness (QED) is 0.785. The first-order valence-corrected chi connectivity index (χ1v) is 5.28. The van der Waals surface area contributed by atoms with Crippen LogP contribution in [0.25, 0.3) is 0 Å². The molecule has 2 rings (SSSR count). The number of halogens is 1. The van der Waals surface area contributed by atoms with Crippen molar-refractivity contribution in [2.75, 3.05) is 0 Å². The van der Waals surface area contributed by atoms with Gasteiger partial charge in [0.25, 0.3) is 0 Å². The predicted molar refractivity (Wildman–Crippen MR) is 54.8 cm³/mol. The molecule has 0 bridgehead atoms. The van der Waals surface area contributed by atoms with Crippen LogP contribution in [0.2, 0.25) is 0 Å². The maximum absolute atomic E-state index is 12.7. The van der Waals surface area contributed by atoms with Gasteiger partial charge in [0.1, 0.15) is 11.9 Å². The van der Waals surface area contributed by atoms with E-state index in [1.165, 1.54) is 24.3 Å². The summed E-state index contributed by atoms with van der Waals surface area (Å²) >= 11 is 0. The fourth-order valence-corrected chi connectivity index (χ4v) is 2.22. The number of aliphatic hydroxyl groups excluding tert-OH is 1. The van der Waals surface area contributed by atoms with Gasteiger partial charge >= 0.3 is 0 Å². The molecule has 0 heterocycles. The Balaban J connectivity index is 2.19. The monoisotopic (exact) mass is 210 g/mol. The van der Waals surface area contributed by atoms with Crippen molar-refractivity contribution in [1.29, 1.82) is 0 Å². The smallest absolute Gasteiger partial charge is 0.123 e. The Bertz CT molecular complexity index is 328. The Labute approximate surface area is 88.4 Å². The van der Waals surface area contributed by atoms with Crippen LogP contribution in [0.3, 0.4) is 0 Å². The highest BCUT2D eigenvalue weighted by Crippen LogP contribution is 2.39. The Hall–Kier alpha value is -0.930. The van der Waals surface area contributed by atoms with Crippen molar-refractivity contribution in [3.8, 4) is 0 Å². The van der Waals surface area contributed by atoms with E-state index in [0.29, 0.717) is 18.4 Å². The van der Waals surface area contributed by atoms with Gasteiger partial charge < -0.3 is 10.2 Å². The second kappa shape index (κ2) is 3.91. The topological polar surface area (TPSA) is 40.5 Å². The maximum atomic E-state index is 12.7. The molecule has 0 radical (unpaired) electrons. The molecular weight excluding hydrogens is 195 g/mol. The summed E-state index contributed by atoms with van der Waals surface area (Å²) in [7, 11) is 0. The largest absolute Gasteiger partial charge is 0.387 e. The number of aliphatic hydroxyl groups is 2. The van der Waals surface area contributed by atoms with Gasteiger partial charge in [0.15, 0.2) is 0 Å². The summed E-state index contributed by atoms with van der Waals surface area (Å²) in [4.78, 5) is 0. The molecule has 0 amide bonds. The van der Waals surface area contributed by atoms with Gasteiger partial charge in [-0.1, -0.05) is 25.0 Å². The molecule has 1 aromatic rings. The summed E-state index contributed by atoms with van der Waals surface area (Å²) in [6.45, 7) is 0. The van der Waals surface area contributed by atoms with Crippen LogP contribution in [0.4, 0.5) is 4.39 Å². The average molecular weight is 210 g/mol. The van der Waals surface area contributed by atoms with Gasteiger partial charge in [-0.3, -0.25) is 0 Å². The maximum Gasteiger partial charge on any atom is 0.123 e. The molecule has 1 aliphatic rings. The molecule has 0 spiro atoms. The van der Waals surface area contributed by atoms with Crippen LogP contribution in [-0.2, 0) is 0 Å². The van der Waals surface area contributed by atoms with Gasteiger partial charge in [0, 0.05) is 0 Å². The first kappa shape index (κ1) is 10.6. The van der Waals surface area contributed by atoms with Crippen LogP contribution in [0.15, 0.2) is 24.3 Å². The molecule has 0 saturated heterocycles. The van der Waals surface area contributed by atoms with Gasteiger partial charge in [-0.15, -0.1) is 0 Å². The lowest BCUT2D eigenvalue weighted by Crippen LogP contribution is -2.32. The summed E-state index contributed by atoms with van der Waals surface area (Å²) in [5.74, 6) is -0.329. The molecule has 3 heteroatoms. The van der Waals surface area contributed by atoms with Gasteiger partial charge in [-0.2, -0.15) is 0 Å². The average Bonchev–Trinajstić information content (AvgIpc) is 2.67. The molecule has 0 aromatic heterocycles. The summed E-state index contributed by atoms with van der Waals surface area (Å²) in [6.07, 6.45) is 2.21. The highest BCUT2D eigenvalue weighted by Gasteiger charge is 2.39. The number of rotatable bonds is 2. The lowest BCUT2D eigenvalue weighted by molar-refractivity contribution is -0.0719. The van der Waals surface area contributed by atoms with Crippen LogP contribution in [0.1, 0.15) is 37.4 Å². The third-order valence-electron chi connectivity index (χ3n) is 3.16. The van der Waals surface area contributed by atoms with Gasteiger partial charge in [0.05, 0.1) is 5.60 Å². The minimum atomic E-state index is -1.02. The molecule has 1 aromatic carbocycles. The van der Waals surface area contributed by atoms with Crippen molar-refractivity contribution in [2.24, 2.45) is 0 Å². The fraction of sp³-hybridized carbons (Fsp3) is 0.500.